The maximum Gasteiger partial charge on any atom is 0.257 e. The van der Waals surface area contributed by atoms with Gasteiger partial charge in [0.25, 0.3) is 5.91 Å². The quantitative estimate of drug-likeness (QED) is 0.773. The molecule has 1 N–H and O–H groups in total. The Labute approximate surface area is 129 Å². The molecule has 0 atom stereocenters. The number of aryl methyl sites for hydroxylation is 1. The summed E-state index contributed by atoms with van der Waals surface area (Å²) in [7, 11) is 0. The van der Waals surface area contributed by atoms with Gasteiger partial charge in [-0.15, -0.1) is 0 Å². The van der Waals surface area contributed by atoms with Crippen LogP contribution in [0.15, 0.2) is 40.9 Å². The molecular weight excluding hydrogens is 349 g/mol. The van der Waals surface area contributed by atoms with Gasteiger partial charge < -0.3 is 5.32 Å². The fourth-order valence-electron chi connectivity index (χ4n) is 1.60. The van der Waals surface area contributed by atoms with Crippen molar-refractivity contribution in [1.29, 1.82) is 0 Å². The van der Waals surface area contributed by atoms with E-state index in [1.807, 2.05) is 25.1 Å². The predicted molar refractivity (Wildman–Crippen MR) is 83.3 cm³/mol. The normalized spacial score (nSPS) is 10.3. The van der Waals surface area contributed by atoms with Crippen molar-refractivity contribution in [2.75, 3.05) is 5.32 Å². The second kappa shape index (κ2) is 5.95. The highest BCUT2D eigenvalue weighted by atomic mass is 79.9. The van der Waals surface area contributed by atoms with Crippen molar-refractivity contribution in [1.82, 2.24) is 0 Å². The first-order valence-electron chi connectivity index (χ1n) is 5.50. The summed E-state index contributed by atoms with van der Waals surface area (Å²) in [5.41, 5.74) is 2.10. The lowest BCUT2D eigenvalue weighted by Gasteiger charge is -2.09. The SMILES string of the molecule is Cc1ccc(Br)c(NC(=O)c2cc(Cl)ccc2Cl)c1. The molecule has 0 heterocycles. The Hall–Kier alpha value is -1.03. The molecule has 0 saturated heterocycles. The number of halogens is 3. The summed E-state index contributed by atoms with van der Waals surface area (Å²) < 4.78 is 0.810. The van der Waals surface area contributed by atoms with Crippen LogP contribution in [-0.4, -0.2) is 5.91 Å². The van der Waals surface area contributed by atoms with Crippen molar-refractivity contribution in [2.45, 2.75) is 6.92 Å². The maximum atomic E-state index is 12.2. The first-order chi connectivity index (χ1) is 8.97. The van der Waals surface area contributed by atoms with Gasteiger partial charge in [-0.3, -0.25) is 4.79 Å². The number of rotatable bonds is 2. The molecule has 0 bridgehead atoms. The topological polar surface area (TPSA) is 29.1 Å². The highest BCUT2D eigenvalue weighted by Gasteiger charge is 2.12. The molecule has 98 valence electrons. The summed E-state index contributed by atoms with van der Waals surface area (Å²) >= 11 is 15.3. The summed E-state index contributed by atoms with van der Waals surface area (Å²) in [5, 5.41) is 3.64. The molecule has 2 nitrogen and oxygen atoms in total. The van der Waals surface area contributed by atoms with Gasteiger partial charge in [0.1, 0.15) is 0 Å². The molecule has 0 unspecified atom stereocenters. The molecule has 2 aromatic rings. The Bertz CT molecular complexity index is 643. The molecule has 19 heavy (non-hydrogen) atoms. The minimum Gasteiger partial charge on any atom is -0.321 e. The maximum absolute atomic E-state index is 12.2. The number of anilines is 1. The zero-order valence-electron chi connectivity index (χ0n) is 10.0. The standard InChI is InChI=1S/C14H10BrCl2NO/c1-8-2-4-11(15)13(6-8)18-14(19)10-7-9(16)3-5-12(10)17/h2-7H,1H3,(H,18,19). The van der Waals surface area contributed by atoms with Gasteiger partial charge in [0.2, 0.25) is 0 Å². The van der Waals surface area contributed by atoms with E-state index in [-0.39, 0.29) is 5.91 Å². The van der Waals surface area contributed by atoms with Crippen molar-refractivity contribution in [3.05, 3.63) is 62.0 Å². The lowest BCUT2D eigenvalue weighted by molar-refractivity contribution is 0.102. The highest BCUT2D eigenvalue weighted by Crippen LogP contribution is 2.26. The predicted octanol–water partition coefficient (Wildman–Crippen LogP) is 5.32. The molecule has 0 aliphatic rings. The van der Waals surface area contributed by atoms with E-state index >= 15 is 0 Å². The van der Waals surface area contributed by atoms with Gasteiger partial charge in [0.15, 0.2) is 0 Å². The highest BCUT2D eigenvalue weighted by molar-refractivity contribution is 9.10. The summed E-state index contributed by atoms with van der Waals surface area (Å²) in [5.74, 6) is -0.293. The van der Waals surface area contributed by atoms with Crippen molar-refractivity contribution in [3.63, 3.8) is 0 Å². The first kappa shape index (κ1) is 14.4. The summed E-state index contributed by atoms with van der Waals surface area (Å²) in [6.45, 7) is 1.95. The lowest BCUT2D eigenvalue weighted by Crippen LogP contribution is -2.13. The zero-order chi connectivity index (χ0) is 14.0. The van der Waals surface area contributed by atoms with Gasteiger partial charge in [0.05, 0.1) is 16.3 Å². The van der Waals surface area contributed by atoms with E-state index in [0.717, 1.165) is 10.0 Å². The van der Waals surface area contributed by atoms with Gasteiger partial charge in [-0.2, -0.15) is 0 Å². The van der Waals surface area contributed by atoms with Gasteiger partial charge in [-0.1, -0.05) is 29.3 Å². The second-order valence-electron chi connectivity index (χ2n) is 4.06. The first-order valence-corrected chi connectivity index (χ1v) is 7.05. The van der Waals surface area contributed by atoms with Crippen LogP contribution in [0.3, 0.4) is 0 Å². The third-order valence-electron chi connectivity index (χ3n) is 2.54. The number of amides is 1. The fourth-order valence-corrected chi connectivity index (χ4v) is 2.32. The van der Waals surface area contributed by atoms with E-state index < -0.39 is 0 Å². The van der Waals surface area contributed by atoms with Gasteiger partial charge in [-0.05, 0) is 58.7 Å². The number of nitrogens with one attached hydrogen (secondary N) is 1. The molecule has 5 heteroatoms. The van der Waals surface area contributed by atoms with Crippen molar-refractivity contribution >= 4 is 50.7 Å². The van der Waals surface area contributed by atoms with E-state index in [0.29, 0.717) is 21.3 Å². The zero-order valence-corrected chi connectivity index (χ0v) is 13.1. The van der Waals surface area contributed by atoms with Crippen LogP contribution in [-0.2, 0) is 0 Å². The Balaban J connectivity index is 2.30. The molecule has 0 aliphatic carbocycles. The number of benzene rings is 2. The molecule has 0 saturated carbocycles. The number of carbonyl (C=O) groups is 1. The largest absolute Gasteiger partial charge is 0.321 e. The molecule has 2 aromatic carbocycles. The van der Waals surface area contributed by atoms with E-state index in [1.54, 1.807) is 18.2 Å². The van der Waals surface area contributed by atoms with Crippen LogP contribution < -0.4 is 5.32 Å². The van der Waals surface area contributed by atoms with Crippen LogP contribution in [0, 0.1) is 6.92 Å². The molecular formula is C14H10BrCl2NO. The molecule has 1 amide bonds. The van der Waals surface area contributed by atoms with Crippen molar-refractivity contribution in [3.8, 4) is 0 Å². The number of hydrogen-bond donors (Lipinski definition) is 1. The van der Waals surface area contributed by atoms with Gasteiger partial charge in [0, 0.05) is 9.50 Å². The molecule has 2 rings (SSSR count). The third-order valence-corrected chi connectivity index (χ3v) is 3.80. The fraction of sp³-hybridized carbons (Fsp3) is 0.0714. The Morgan fingerprint density at radius 2 is 1.89 bits per heavy atom. The monoisotopic (exact) mass is 357 g/mol. The smallest absolute Gasteiger partial charge is 0.257 e. The van der Waals surface area contributed by atoms with Crippen molar-refractivity contribution < 1.29 is 4.79 Å². The molecule has 0 aromatic heterocycles. The summed E-state index contributed by atoms with van der Waals surface area (Å²) in [6, 6.07) is 10.5. The minimum absolute atomic E-state index is 0.293. The molecule has 0 fully saturated rings. The van der Waals surface area contributed by atoms with E-state index in [2.05, 4.69) is 21.2 Å². The minimum atomic E-state index is -0.293. The van der Waals surface area contributed by atoms with Crippen LogP contribution in [0.25, 0.3) is 0 Å². The van der Waals surface area contributed by atoms with Crippen molar-refractivity contribution in [2.24, 2.45) is 0 Å². The van der Waals surface area contributed by atoms with Crippen LogP contribution in [0.1, 0.15) is 15.9 Å². The van der Waals surface area contributed by atoms with Gasteiger partial charge in [-0.25, -0.2) is 0 Å². The Morgan fingerprint density at radius 1 is 1.16 bits per heavy atom. The van der Waals surface area contributed by atoms with Crippen LogP contribution >= 0.6 is 39.1 Å². The van der Waals surface area contributed by atoms with Crippen LogP contribution in [0.2, 0.25) is 10.0 Å². The van der Waals surface area contributed by atoms with Gasteiger partial charge >= 0.3 is 0 Å². The average molecular weight is 359 g/mol. The van der Waals surface area contributed by atoms with E-state index in [9.17, 15) is 4.79 Å². The number of carbonyl (C=O) groups excluding carboxylic acids is 1. The Morgan fingerprint density at radius 3 is 2.63 bits per heavy atom. The molecule has 0 aliphatic heterocycles. The molecule has 0 radical (unpaired) electrons. The van der Waals surface area contributed by atoms with Crippen LogP contribution in [0.5, 0.6) is 0 Å². The summed E-state index contributed by atoms with van der Waals surface area (Å²) in [6.07, 6.45) is 0. The van der Waals surface area contributed by atoms with E-state index in [4.69, 9.17) is 23.2 Å². The summed E-state index contributed by atoms with van der Waals surface area (Å²) in [4.78, 5) is 12.2. The van der Waals surface area contributed by atoms with E-state index in [1.165, 1.54) is 0 Å². The average Bonchev–Trinajstić information content (AvgIpc) is 2.36. The number of hydrogen-bond acceptors (Lipinski definition) is 1. The lowest BCUT2D eigenvalue weighted by atomic mass is 10.2. The Kier molecular flexibility index (Phi) is 4.50. The molecule has 0 spiro atoms. The van der Waals surface area contributed by atoms with Crippen LogP contribution in [0.4, 0.5) is 5.69 Å². The third kappa shape index (κ3) is 3.50. The second-order valence-corrected chi connectivity index (χ2v) is 5.76.